The van der Waals surface area contributed by atoms with E-state index in [-0.39, 0.29) is 6.42 Å². The number of ether oxygens (including phenoxy) is 2. The molecule has 1 saturated carbocycles. The van der Waals surface area contributed by atoms with Crippen molar-refractivity contribution in [2.45, 2.75) is 146 Å². The molecule has 1 aliphatic carbocycles. The van der Waals surface area contributed by atoms with Gasteiger partial charge < -0.3 is 44.6 Å². The predicted octanol–water partition coefficient (Wildman–Crippen LogP) is 2.40. The number of phosphoric acid groups is 2. The normalized spacial score (nSPS) is 20.6. The largest absolute Gasteiger partial charge is 0.472 e. The number of hydrogen-bond donors (Lipinski definition) is 7. The maximum atomic E-state index is 12.8. The van der Waals surface area contributed by atoms with Crippen molar-refractivity contribution in [2.24, 2.45) is 0 Å². The zero-order valence-electron chi connectivity index (χ0n) is 33.1. The monoisotopic (exact) mass is 862 g/mol. The van der Waals surface area contributed by atoms with E-state index in [1.54, 1.807) is 6.92 Å². The van der Waals surface area contributed by atoms with Gasteiger partial charge in [-0.3, -0.25) is 18.4 Å². The highest BCUT2D eigenvalue weighted by molar-refractivity contribution is 7.47. The Morgan fingerprint density at radius 2 is 0.983 bits per heavy atom. The quantitative estimate of drug-likeness (QED) is 0.0242. The lowest BCUT2D eigenvalue weighted by molar-refractivity contribution is -0.216. The van der Waals surface area contributed by atoms with Crippen molar-refractivity contribution in [2.75, 3.05) is 13.2 Å². The van der Waals surface area contributed by atoms with Crippen molar-refractivity contribution in [3.05, 3.63) is 0 Å². The van der Waals surface area contributed by atoms with Crippen LogP contribution in [-0.4, -0.2) is 103 Å². The molecule has 322 valence electrons. The van der Waals surface area contributed by atoms with E-state index in [1.807, 2.05) is 0 Å². The molecule has 0 radical (unpaired) electrons. The molecule has 18 heteroatoms. The minimum atomic E-state index is -5.34. The van der Waals surface area contributed by atoms with Crippen molar-refractivity contribution in [1.82, 2.24) is 0 Å². The van der Waals surface area contributed by atoms with Crippen LogP contribution in [-0.2, 0) is 41.8 Å². The first kappa shape index (κ1) is 52.9. The maximum Gasteiger partial charge on any atom is 0.472 e. The summed E-state index contributed by atoms with van der Waals surface area (Å²) in [5.41, 5.74) is 0. The molecule has 1 fully saturated rings. The zero-order valence-corrected chi connectivity index (χ0v) is 34.8. The third-order valence-electron chi connectivity index (χ3n) is 8.14. The van der Waals surface area contributed by atoms with Gasteiger partial charge in [0.2, 0.25) is 0 Å². The van der Waals surface area contributed by atoms with Crippen LogP contribution in [0.3, 0.4) is 0 Å². The van der Waals surface area contributed by atoms with E-state index in [2.05, 4.69) is 94.3 Å². The van der Waals surface area contributed by atoms with Crippen LogP contribution in [0.4, 0.5) is 0 Å². The molecule has 0 amide bonds. The third kappa shape index (κ3) is 25.9. The molecular weight excluding hydrogens is 810 g/mol. The number of carbonyl (C=O) groups excluding carboxylic acids is 2. The zero-order chi connectivity index (χ0) is 43.9. The molecule has 0 heterocycles. The number of esters is 2. The lowest BCUT2D eigenvalue weighted by atomic mass is 9.85. The van der Waals surface area contributed by atoms with Crippen LogP contribution in [0.2, 0.25) is 0 Å². The molecule has 8 atom stereocenters. The second-order valence-electron chi connectivity index (χ2n) is 12.9. The molecule has 0 aliphatic heterocycles. The summed E-state index contributed by atoms with van der Waals surface area (Å²) in [5.74, 6) is 31.6. The van der Waals surface area contributed by atoms with Crippen LogP contribution in [0.5, 0.6) is 0 Å². The highest BCUT2D eigenvalue weighted by atomic mass is 31.2. The lowest BCUT2D eigenvalue weighted by Gasteiger charge is -2.43. The smallest absolute Gasteiger partial charge is 0.456 e. The molecular formula is C41H52O16P2. The number of phosphoric ester groups is 2. The molecule has 16 nitrogen and oxygen atoms in total. The van der Waals surface area contributed by atoms with Gasteiger partial charge in [-0.15, -0.1) is 0 Å². The van der Waals surface area contributed by atoms with Crippen molar-refractivity contribution < 1.29 is 76.9 Å². The molecule has 7 N–H and O–H groups in total. The van der Waals surface area contributed by atoms with Crippen molar-refractivity contribution >= 4 is 27.6 Å². The molecule has 59 heavy (non-hydrogen) atoms. The summed E-state index contributed by atoms with van der Waals surface area (Å²) in [6.45, 7) is 2.18. The molecule has 1 rings (SSSR count). The van der Waals surface area contributed by atoms with Crippen LogP contribution in [0, 0.1) is 82.9 Å². The summed E-state index contributed by atoms with van der Waals surface area (Å²) in [6, 6.07) is 0. The number of unbranched alkanes of at least 4 members (excludes halogenated alkanes) is 12. The summed E-state index contributed by atoms with van der Waals surface area (Å²) >= 11 is 0. The highest BCUT2D eigenvalue weighted by Crippen LogP contribution is 2.48. The summed E-state index contributed by atoms with van der Waals surface area (Å²) in [5, 5.41) is 41.2. The Balaban J connectivity index is 2.82. The van der Waals surface area contributed by atoms with Gasteiger partial charge in [-0.25, -0.2) is 13.9 Å². The van der Waals surface area contributed by atoms with E-state index in [9.17, 15) is 44.0 Å². The Hall–Kier alpha value is -4.08. The second kappa shape index (κ2) is 30.9. The average molecular weight is 863 g/mol. The number of carbonyl (C=O) groups is 2. The number of aliphatic hydroxyl groups is 4. The van der Waals surface area contributed by atoms with E-state index < -0.39 is 83.5 Å². The Morgan fingerprint density at radius 3 is 1.42 bits per heavy atom. The fourth-order valence-corrected chi connectivity index (χ4v) is 6.80. The summed E-state index contributed by atoms with van der Waals surface area (Å²) in [6.07, 6.45) is -1.07. The highest BCUT2D eigenvalue weighted by Gasteiger charge is 2.54. The minimum absolute atomic E-state index is 0.0286. The van der Waals surface area contributed by atoms with Gasteiger partial charge in [0, 0.05) is 12.3 Å². The van der Waals surface area contributed by atoms with Crippen LogP contribution >= 0.6 is 15.6 Å². The van der Waals surface area contributed by atoms with Gasteiger partial charge in [0.25, 0.3) is 0 Å². The molecule has 0 bridgehead atoms. The average Bonchev–Trinajstić information content (AvgIpc) is 3.18. The lowest BCUT2D eigenvalue weighted by Crippen LogP contribution is -2.64. The summed E-state index contributed by atoms with van der Waals surface area (Å²) in [4.78, 5) is 53.3. The Labute approximate surface area is 346 Å². The fraction of sp³-hybridized carbons (Fsp3) is 0.610. The molecule has 0 aromatic heterocycles. The molecule has 0 spiro atoms. The van der Waals surface area contributed by atoms with Gasteiger partial charge in [0.05, 0.1) is 6.61 Å². The van der Waals surface area contributed by atoms with Crippen molar-refractivity contribution in [3.63, 3.8) is 0 Å². The van der Waals surface area contributed by atoms with Crippen LogP contribution in [0.25, 0.3) is 0 Å². The maximum absolute atomic E-state index is 12.8. The molecule has 0 saturated heterocycles. The van der Waals surface area contributed by atoms with Crippen molar-refractivity contribution in [3.8, 4) is 82.9 Å². The molecule has 0 aromatic rings. The third-order valence-corrected chi connectivity index (χ3v) is 9.65. The minimum Gasteiger partial charge on any atom is -0.456 e. The Kier molecular flexibility index (Phi) is 27.7. The van der Waals surface area contributed by atoms with Crippen LogP contribution in [0.1, 0.15) is 104 Å². The molecule has 1 aliphatic rings. The molecule has 0 aromatic carbocycles. The van der Waals surface area contributed by atoms with Gasteiger partial charge >= 0.3 is 27.6 Å². The van der Waals surface area contributed by atoms with E-state index in [4.69, 9.17) is 28.3 Å². The first-order chi connectivity index (χ1) is 28.1. The van der Waals surface area contributed by atoms with Crippen LogP contribution in [0.15, 0.2) is 0 Å². The van der Waals surface area contributed by atoms with Gasteiger partial charge in [-0.05, 0) is 84.4 Å². The number of rotatable bonds is 24. The van der Waals surface area contributed by atoms with Gasteiger partial charge in [-0.2, -0.15) is 0 Å². The van der Waals surface area contributed by atoms with E-state index in [0.717, 1.165) is 32.1 Å². The number of hydrogen-bond acceptors (Lipinski definition) is 13. The van der Waals surface area contributed by atoms with E-state index in [0.29, 0.717) is 6.42 Å². The topological polar surface area (TPSA) is 256 Å². The Bertz CT molecular complexity index is 1860. The van der Waals surface area contributed by atoms with Gasteiger partial charge in [0.1, 0.15) is 43.2 Å². The van der Waals surface area contributed by atoms with Gasteiger partial charge in [0.15, 0.2) is 6.10 Å². The Morgan fingerprint density at radius 1 is 0.576 bits per heavy atom. The van der Waals surface area contributed by atoms with Gasteiger partial charge in [-0.1, -0.05) is 89.9 Å². The van der Waals surface area contributed by atoms with Crippen LogP contribution < -0.4 is 0 Å². The van der Waals surface area contributed by atoms with Crippen molar-refractivity contribution in [1.29, 1.82) is 0 Å². The number of aliphatic hydroxyl groups excluding tert-OH is 4. The first-order valence-electron chi connectivity index (χ1n) is 19.0. The first-order valence-corrected chi connectivity index (χ1v) is 22.0. The summed E-state index contributed by atoms with van der Waals surface area (Å²) < 4.78 is 48.3. The van der Waals surface area contributed by atoms with E-state index in [1.165, 1.54) is 44.9 Å². The molecule has 5 unspecified atom stereocenters. The SMILES string of the molecule is CC#CC#CC#CC#CC#CC#CC#CC(=O)OC[C@H](COP(=O)(O)OC1C(O)[C@H](O)C(OP(=O)(O)O)C(O)[C@@H]1O)OC(=O)CCCCCCCCCCCCCCC. The summed E-state index contributed by atoms with van der Waals surface area (Å²) in [7, 11) is -10.7. The fourth-order valence-electron chi connectivity index (χ4n) is 5.26. The standard InChI is InChI=1S/C41H52O16P2/c1-3-5-7-9-11-13-15-17-19-21-23-25-27-29-34(42)53-31-33(55-35(43)30-28-26-24-22-20-18-16-14-12-10-8-6-4-2)32-54-59(51,52)57-41-38(46)36(44)40(37(45)39(41)47)56-58(48,49)50/h33,36-41,44-47H,4,6,8,10,12,14,16,18,20,22,24,26,28,30-32H2,1-2H3,(H,51,52)(H2,48,49,50)/t33-,36+,37?,38?,39+,40?,41?/m1/s1. The predicted molar refractivity (Wildman–Crippen MR) is 213 cm³/mol. The second-order valence-corrected chi connectivity index (χ2v) is 15.5. The van der Waals surface area contributed by atoms with E-state index >= 15 is 0 Å².